The predicted molar refractivity (Wildman–Crippen MR) is 127 cm³/mol. The van der Waals surface area contributed by atoms with Crippen LogP contribution in [0, 0.1) is 11.8 Å². The minimum atomic E-state index is -0.928. The third-order valence-corrected chi connectivity index (χ3v) is 5.41. The first kappa shape index (κ1) is 26.6. The molecule has 0 saturated carbocycles. The Labute approximate surface area is 206 Å². The number of Topliss-reactive ketones (excluding diaryl/α,β-unsaturated/α-hetero) is 1. The first-order valence-corrected chi connectivity index (χ1v) is 11.4. The van der Waals surface area contributed by atoms with Crippen LogP contribution in [-0.2, 0) is 30.3 Å². The molecule has 0 spiro atoms. The number of ketones is 1. The molecule has 1 fully saturated rings. The number of rotatable bonds is 9. The van der Waals surface area contributed by atoms with E-state index in [0.717, 1.165) is 10.1 Å². The molecule has 1 aromatic carbocycles. The standard InChI is InChI=1S/C25H27N3O8/c1-16(30)9-10-23(32)36-19-13-22(35-20(19)15-29)28-14-18(24(33)27-25(28)34)8-5-11-26-21(31)12-17-6-3-2-4-7-17/h2-4,6-7,14,19-20,22,29H,9-13,15H2,1H3,(H,26,31)(H,27,33,34)/t19-,20-,22-/m1/s1. The minimum absolute atomic E-state index is 0.00492. The van der Waals surface area contributed by atoms with Gasteiger partial charge < -0.3 is 24.7 Å². The highest BCUT2D eigenvalue weighted by Crippen LogP contribution is 2.30. The summed E-state index contributed by atoms with van der Waals surface area (Å²) in [7, 11) is 0. The maximum atomic E-state index is 12.4. The van der Waals surface area contributed by atoms with Crippen molar-refractivity contribution in [3.8, 4) is 11.8 Å². The normalized spacial score (nSPS) is 18.7. The summed E-state index contributed by atoms with van der Waals surface area (Å²) in [6.07, 6.45) is -1.26. The maximum Gasteiger partial charge on any atom is 0.330 e. The van der Waals surface area contributed by atoms with Crippen LogP contribution in [-0.4, -0.2) is 57.7 Å². The lowest BCUT2D eigenvalue weighted by molar-refractivity contribution is -0.153. The Bertz CT molecular complexity index is 1270. The Hall–Kier alpha value is -4.01. The number of benzene rings is 1. The molecule has 2 aromatic rings. The zero-order valence-electron chi connectivity index (χ0n) is 19.7. The second-order valence-corrected chi connectivity index (χ2v) is 8.23. The van der Waals surface area contributed by atoms with E-state index in [9.17, 15) is 29.1 Å². The van der Waals surface area contributed by atoms with Crippen molar-refractivity contribution in [1.29, 1.82) is 0 Å². The molecule has 1 amide bonds. The summed E-state index contributed by atoms with van der Waals surface area (Å²) < 4.78 is 12.1. The van der Waals surface area contributed by atoms with E-state index in [1.165, 1.54) is 13.1 Å². The fourth-order valence-corrected chi connectivity index (χ4v) is 3.58. The lowest BCUT2D eigenvalue weighted by Crippen LogP contribution is -2.33. The maximum absolute atomic E-state index is 12.4. The quantitative estimate of drug-likeness (QED) is 0.318. The van der Waals surface area contributed by atoms with Gasteiger partial charge in [0, 0.05) is 19.0 Å². The molecule has 0 aliphatic carbocycles. The summed E-state index contributed by atoms with van der Waals surface area (Å²) in [6, 6.07) is 9.19. The number of carbonyl (C=O) groups excluding carboxylic acids is 3. The van der Waals surface area contributed by atoms with Crippen molar-refractivity contribution in [2.45, 2.75) is 51.0 Å². The summed E-state index contributed by atoms with van der Waals surface area (Å²) in [4.78, 5) is 61.8. The van der Waals surface area contributed by atoms with Crippen molar-refractivity contribution in [2.24, 2.45) is 0 Å². The Morgan fingerprint density at radius 2 is 1.97 bits per heavy atom. The molecule has 11 nitrogen and oxygen atoms in total. The Balaban J connectivity index is 1.64. The average molecular weight is 498 g/mol. The van der Waals surface area contributed by atoms with Gasteiger partial charge in [-0.25, -0.2) is 4.79 Å². The molecular weight excluding hydrogens is 470 g/mol. The van der Waals surface area contributed by atoms with E-state index in [2.05, 4.69) is 22.1 Å². The number of H-pyrrole nitrogens is 1. The lowest BCUT2D eigenvalue weighted by atomic mass is 10.1. The molecular formula is C25H27N3O8. The van der Waals surface area contributed by atoms with Crippen molar-refractivity contribution in [3.05, 3.63) is 68.5 Å². The summed E-state index contributed by atoms with van der Waals surface area (Å²) >= 11 is 0. The SMILES string of the molecule is CC(=O)CCC(=O)O[C@@H]1C[C@H](n2cc(C#CCNC(=O)Cc3ccccc3)c(=O)[nH]c2=O)O[C@@H]1CO. The van der Waals surface area contributed by atoms with Crippen molar-refractivity contribution >= 4 is 17.7 Å². The Morgan fingerprint density at radius 3 is 2.67 bits per heavy atom. The van der Waals surface area contributed by atoms with Crippen molar-refractivity contribution < 1.29 is 29.0 Å². The number of nitrogens with zero attached hydrogens (tertiary/aromatic N) is 1. The fourth-order valence-electron chi connectivity index (χ4n) is 3.58. The number of aromatic amines is 1. The van der Waals surface area contributed by atoms with Crippen LogP contribution in [0.3, 0.4) is 0 Å². The molecule has 3 N–H and O–H groups in total. The summed E-state index contributed by atoms with van der Waals surface area (Å²) in [5, 5.41) is 12.3. The van der Waals surface area contributed by atoms with E-state index in [1.54, 1.807) is 0 Å². The molecule has 3 rings (SSSR count). The van der Waals surface area contributed by atoms with Gasteiger partial charge in [-0.3, -0.25) is 23.9 Å². The van der Waals surface area contributed by atoms with Gasteiger partial charge in [0.1, 0.15) is 29.8 Å². The summed E-state index contributed by atoms with van der Waals surface area (Å²) in [5.41, 5.74) is -0.639. The van der Waals surface area contributed by atoms with Crippen LogP contribution >= 0.6 is 0 Å². The number of aromatic nitrogens is 2. The third-order valence-electron chi connectivity index (χ3n) is 5.41. The van der Waals surface area contributed by atoms with Crippen LogP contribution in [0.5, 0.6) is 0 Å². The Morgan fingerprint density at radius 1 is 1.22 bits per heavy atom. The second-order valence-electron chi connectivity index (χ2n) is 8.23. The molecule has 36 heavy (non-hydrogen) atoms. The molecule has 0 radical (unpaired) electrons. The molecule has 1 aliphatic heterocycles. The number of carbonyl (C=O) groups is 3. The number of hydrogen-bond donors (Lipinski definition) is 3. The van der Waals surface area contributed by atoms with Gasteiger partial charge in [0.05, 0.1) is 26.0 Å². The van der Waals surface area contributed by atoms with Crippen molar-refractivity contribution in [3.63, 3.8) is 0 Å². The molecule has 1 aromatic heterocycles. The van der Waals surface area contributed by atoms with Gasteiger partial charge in [0.2, 0.25) is 5.91 Å². The minimum Gasteiger partial charge on any atom is -0.459 e. The first-order valence-electron chi connectivity index (χ1n) is 11.4. The van der Waals surface area contributed by atoms with Crippen LogP contribution in [0.4, 0.5) is 0 Å². The van der Waals surface area contributed by atoms with E-state index < -0.39 is 42.3 Å². The van der Waals surface area contributed by atoms with Crippen LogP contribution in [0.25, 0.3) is 0 Å². The highest BCUT2D eigenvalue weighted by molar-refractivity contribution is 5.81. The van der Waals surface area contributed by atoms with Gasteiger partial charge in [-0.05, 0) is 12.5 Å². The van der Waals surface area contributed by atoms with E-state index in [4.69, 9.17) is 9.47 Å². The highest BCUT2D eigenvalue weighted by atomic mass is 16.6. The van der Waals surface area contributed by atoms with Crippen LogP contribution in [0.1, 0.15) is 43.5 Å². The van der Waals surface area contributed by atoms with Crippen LogP contribution in [0.2, 0.25) is 0 Å². The molecule has 3 atom stereocenters. The summed E-state index contributed by atoms with van der Waals surface area (Å²) in [6.45, 7) is 0.893. The van der Waals surface area contributed by atoms with Gasteiger partial charge in [-0.2, -0.15) is 0 Å². The molecule has 11 heteroatoms. The topological polar surface area (TPSA) is 157 Å². The van der Waals surface area contributed by atoms with E-state index in [-0.39, 0.29) is 49.5 Å². The van der Waals surface area contributed by atoms with Gasteiger partial charge in [-0.1, -0.05) is 42.2 Å². The van der Waals surface area contributed by atoms with Crippen molar-refractivity contribution in [1.82, 2.24) is 14.9 Å². The summed E-state index contributed by atoms with van der Waals surface area (Å²) in [5.74, 6) is 4.30. The molecule has 0 unspecified atom stereocenters. The number of aliphatic hydroxyl groups excluding tert-OH is 1. The molecule has 0 bridgehead atoms. The van der Waals surface area contributed by atoms with E-state index in [1.807, 2.05) is 30.3 Å². The molecule has 190 valence electrons. The zero-order chi connectivity index (χ0) is 26.1. The number of esters is 1. The smallest absolute Gasteiger partial charge is 0.330 e. The highest BCUT2D eigenvalue weighted by Gasteiger charge is 2.39. The molecule has 1 aliphatic rings. The number of amides is 1. The van der Waals surface area contributed by atoms with Gasteiger partial charge in [-0.15, -0.1) is 0 Å². The average Bonchev–Trinajstić information content (AvgIpc) is 3.24. The lowest BCUT2D eigenvalue weighted by Gasteiger charge is -2.16. The van der Waals surface area contributed by atoms with Gasteiger partial charge in [0.15, 0.2) is 0 Å². The fraction of sp³-hybridized carbons (Fsp3) is 0.400. The monoisotopic (exact) mass is 497 g/mol. The van der Waals surface area contributed by atoms with E-state index >= 15 is 0 Å². The van der Waals surface area contributed by atoms with E-state index in [0.29, 0.717) is 0 Å². The molecule has 1 saturated heterocycles. The Kier molecular flexibility index (Phi) is 9.32. The number of ether oxygens (including phenoxy) is 2. The van der Waals surface area contributed by atoms with Crippen LogP contribution in [0.15, 0.2) is 46.1 Å². The van der Waals surface area contributed by atoms with Gasteiger partial charge in [0.25, 0.3) is 5.56 Å². The number of nitrogens with one attached hydrogen (secondary N) is 2. The molecule has 2 heterocycles. The zero-order valence-corrected chi connectivity index (χ0v) is 19.7. The largest absolute Gasteiger partial charge is 0.459 e. The van der Waals surface area contributed by atoms with Gasteiger partial charge >= 0.3 is 11.7 Å². The van der Waals surface area contributed by atoms with Crippen LogP contribution < -0.4 is 16.6 Å². The first-order chi connectivity index (χ1) is 17.3. The predicted octanol–water partition coefficient (Wildman–Crippen LogP) is -0.192. The third kappa shape index (κ3) is 7.49. The van der Waals surface area contributed by atoms with Crippen molar-refractivity contribution in [2.75, 3.05) is 13.2 Å². The number of aliphatic hydroxyl groups is 1. The number of hydrogen-bond acceptors (Lipinski definition) is 8. The second kappa shape index (κ2) is 12.6.